The predicted octanol–water partition coefficient (Wildman–Crippen LogP) is -0.0976. The third kappa shape index (κ3) is 2.19. The Bertz CT molecular complexity index is 287. The highest BCUT2D eigenvalue weighted by atomic mass is 16.5. The van der Waals surface area contributed by atoms with Crippen LogP contribution in [-0.4, -0.2) is 48.6 Å². The van der Waals surface area contributed by atoms with Crippen molar-refractivity contribution in [3.63, 3.8) is 0 Å². The molecule has 2 saturated heterocycles. The highest BCUT2D eigenvalue weighted by Crippen LogP contribution is 2.16. The number of hydrogen-bond acceptors (Lipinski definition) is 3. The van der Waals surface area contributed by atoms with E-state index >= 15 is 0 Å². The van der Waals surface area contributed by atoms with Gasteiger partial charge in [0.1, 0.15) is 6.04 Å². The molecule has 2 rings (SSSR count). The molecule has 1 N–H and O–H groups in total. The molecule has 0 aromatic rings. The zero-order valence-corrected chi connectivity index (χ0v) is 9.57. The van der Waals surface area contributed by atoms with Crippen LogP contribution in [0, 0.1) is 0 Å². The van der Waals surface area contributed by atoms with E-state index in [0.717, 1.165) is 6.42 Å². The van der Waals surface area contributed by atoms with Crippen LogP contribution in [0.25, 0.3) is 0 Å². The van der Waals surface area contributed by atoms with E-state index in [1.807, 2.05) is 11.8 Å². The van der Waals surface area contributed by atoms with Gasteiger partial charge in [0.25, 0.3) is 0 Å². The number of hydrogen-bond donors (Lipinski definition) is 1. The molecule has 5 heteroatoms. The maximum atomic E-state index is 12.2. The summed E-state index contributed by atoms with van der Waals surface area (Å²) in [5.41, 5.74) is 0. The molecule has 0 aromatic carbocycles. The second-order valence-corrected chi connectivity index (χ2v) is 4.33. The van der Waals surface area contributed by atoms with Gasteiger partial charge in [-0.15, -0.1) is 0 Å². The second kappa shape index (κ2) is 4.82. The van der Waals surface area contributed by atoms with E-state index in [4.69, 9.17) is 4.74 Å². The molecule has 2 heterocycles. The smallest absolute Gasteiger partial charge is 0.245 e. The maximum absolute atomic E-state index is 12.2. The third-order valence-electron chi connectivity index (χ3n) is 3.25. The van der Waals surface area contributed by atoms with Gasteiger partial charge in [0.05, 0.1) is 12.6 Å². The minimum Gasteiger partial charge on any atom is -0.379 e. The fourth-order valence-corrected chi connectivity index (χ4v) is 2.27. The fourth-order valence-electron chi connectivity index (χ4n) is 2.27. The van der Waals surface area contributed by atoms with E-state index < -0.39 is 0 Å². The summed E-state index contributed by atoms with van der Waals surface area (Å²) in [5, 5.41) is 2.76. The molecule has 0 spiro atoms. The van der Waals surface area contributed by atoms with E-state index in [-0.39, 0.29) is 23.9 Å². The molecular weight excluding hydrogens is 208 g/mol. The van der Waals surface area contributed by atoms with Gasteiger partial charge in [-0.05, 0) is 12.8 Å². The Morgan fingerprint density at radius 2 is 2.31 bits per heavy atom. The number of nitrogens with one attached hydrogen (secondary N) is 1. The van der Waals surface area contributed by atoms with Crippen LogP contribution in [-0.2, 0) is 14.3 Å². The number of ether oxygens (including phenoxy) is 1. The first kappa shape index (κ1) is 11.4. The Morgan fingerprint density at radius 3 is 2.94 bits per heavy atom. The van der Waals surface area contributed by atoms with Crippen molar-refractivity contribution in [2.45, 2.75) is 38.3 Å². The molecule has 2 aliphatic heterocycles. The molecule has 0 aliphatic carbocycles. The summed E-state index contributed by atoms with van der Waals surface area (Å²) < 4.78 is 5.30. The lowest BCUT2D eigenvalue weighted by Crippen LogP contribution is -2.48. The fraction of sp³-hybridized carbons (Fsp3) is 0.818. The van der Waals surface area contributed by atoms with Crippen LogP contribution in [0.2, 0.25) is 0 Å². The van der Waals surface area contributed by atoms with Crippen molar-refractivity contribution in [2.24, 2.45) is 0 Å². The third-order valence-corrected chi connectivity index (χ3v) is 3.25. The maximum Gasteiger partial charge on any atom is 0.245 e. The van der Waals surface area contributed by atoms with Gasteiger partial charge in [-0.1, -0.05) is 6.92 Å². The van der Waals surface area contributed by atoms with Gasteiger partial charge in [-0.2, -0.15) is 0 Å². The Morgan fingerprint density at radius 1 is 1.50 bits per heavy atom. The van der Waals surface area contributed by atoms with E-state index in [1.54, 1.807) is 0 Å². The zero-order valence-electron chi connectivity index (χ0n) is 9.57. The number of rotatable bonds is 2. The number of amides is 2. The largest absolute Gasteiger partial charge is 0.379 e. The second-order valence-electron chi connectivity index (χ2n) is 4.33. The van der Waals surface area contributed by atoms with Crippen LogP contribution in [0.1, 0.15) is 26.2 Å². The quantitative estimate of drug-likeness (QED) is 0.715. The molecule has 16 heavy (non-hydrogen) atoms. The summed E-state index contributed by atoms with van der Waals surface area (Å²) in [6.45, 7) is 3.76. The van der Waals surface area contributed by atoms with E-state index in [0.29, 0.717) is 32.6 Å². The SMILES string of the molecule is CCC1NC(=O)CCN(C2CCOC2)C1=O. The molecule has 0 saturated carbocycles. The van der Waals surface area contributed by atoms with E-state index in [2.05, 4.69) is 5.32 Å². The van der Waals surface area contributed by atoms with Gasteiger partial charge in [-0.3, -0.25) is 9.59 Å². The van der Waals surface area contributed by atoms with Crippen LogP contribution in [0.15, 0.2) is 0 Å². The van der Waals surface area contributed by atoms with Gasteiger partial charge in [0.15, 0.2) is 0 Å². The van der Waals surface area contributed by atoms with Crippen LogP contribution >= 0.6 is 0 Å². The summed E-state index contributed by atoms with van der Waals surface area (Å²) in [5.74, 6) is 0.0189. The lowest BCUT2D eigenvalue weighted by Gasteiger charge is -2.28. The number of carbonyl (C=O) groups excluding carboxylic acids is 2. The van der Waals surface area contributed by atoms with Crippen molar-refractivity contribution in [3.8, 4) is 0 Å². The van der Waals surface area contributed by atoms with Crippen LogP contribution in [0.3, 0.4) is 0 Å². The summed E-state index contributed by atoms with van der Waals surface area (Å²) >= 11 is 0. The van der Waals surface area contributed by atoms with Crippen molar-refractivity contribution < 1.29 is 14.3 Å². The first-order valence-electron chi connectivity index (χ1n) is 5.90. The van der Waals surface area contributed by atoms with Crippen LogP contribution < -0.4 is 5.32 Å². The molecule has 0 aromatic heterocycles. The summed E-state index contributed by atoms with van der Waals surface area (Å²) in [6.07, 6.45) is 1.93. The normalized spacial score (nSPS) is 31.4. The Kier molecular flexibility index (Phi) is 3.43. The molecule has 2 fully saturated rings. The van der Waals surface area contributed by atoms with E-state index in [9.17, 15) is 9.59 Å². The van der Waals surface area contributed by atoms with Crippen molar-refractivity contribution in [2.75, 3.05) is 19.8 Å². The molecule has 2 atom stereocenters. The Hall–Kier alpha value is -1.10. The number of carbonyl (C=O) groups is 2. The average Bonchev–Trinajstić information content (AvgIpc) is 2.75. The lowest BCUT2D eigenvalue weighted by atomic mass is 10.1. The van der Waals surface area contributed by atoms with Crippen molar-refractivity contribution >= 4 is 11.8 Å². The minimum atomic E-state index is -0.351. The van der Waals surface area contributed by atoms with Gasteiger partial charge < -0.3 is 15.0 Å². The molecular formula is C11H18N2O3. The molecule has 5 nitrogen and oxygen atoms in total. The Balaban J connectivity index is 2.10. The minimum absolute atomic E-state index is 0.0263. The predicted molar refractivity (Wildman–Crippen MR) is 57.8 cm³/mol. The summed E-state index contributed by atoms with van der Waals surface area (Å²) in [4.78, 5) is 25.4. The summed E-state index contributed by atoms with van der Waals surface area (Å²) in [7, 11) is 0. The van der Waals surface area contributed by atoms with Crippen LogP contribution in [0.4, 0.5) is 0 Å². The number of nitrogens with zero attached hydrogens (tertiary/aromatic N) is 1. The van der Waals surface area contributed by atoms with Crippen molar-refractivity contribution in [3.05, 3.63) is 0 Å². The van der Waals surface area contributed by atoms with Gasteiger partial charge in [0.2, 0.25) is 11.8 Å². The first-order valence-corrected chi connectivity index (χ1v) is 5.90. The molecule has 2 unspecified atom stereocenters. The highest BCUT2D eigenvalue weighted by molar-refractivity contribution is 5.90. The monoisotopic (exact) mass is 226 g/mol. The van der Waals surface area contributed by atoms with Gasteiger partial charge >= 0.3 is 0 Å². The highest BCUT2D eigenvalue weighted by Gasteiger charge is 2.34. The molecule has 90 valence electrons. The van der Waals surface area contributed by atoms with Gasteiger partial charge in [0, 0.05) is 19.6 Å². The van der Waals surface area contributed by atoms with Gasteiger partial charge in [-0.25, -0.2) is 0 Å². The standard InChI is InChI=1S/C11H18N2O3/c1-2-9-11(15)13(5-3-10(14)12-9)8-4-6-16-7-8/h8-9H,2-7H2,1H3,(H,12,14). The lowest BCUT2D eigenvalue weighted by molar-refractivity contribution is -0.135. The van der Waals surface area contributed by atoms with Crippen molar-refractivity contribution in [1.82, 2.24) is 10.2 Å². The first-order chi connectivity index (χ1) is 7.72. The molecule has 2 aliphatic rings. The summed E-state index contributed by atoms with van der Waals surface area (Å²) in [6, 6.07) is -0.190. The zero-order chi connectivity index (χ0) is 11.5. The van der Waals surface area contributed by atoms with Crippen LogP contribution in [0.5, 0.6) is 0 Å². The molecule has 0 radical (unpaired) electrons. The topological polar surface area (TPSA) is 58.6 Å². The average molecular weight is 226 g/mol. The van der Waals surface area contributed by atoms with E-state index in [1.165, 1.54) is 0 Å². The molecule has 0 bridgehead atoms. The Labute approximate surface area is 95.1 Å². The van der Waals surface area contributed by atoms with Crippen molar-refractivity contribution in [1.29, 1.82) is 0 Å². The molecule has 2 amide bonds.